The lowest BCUT2D eigenvalue weighted by Gasteiger charge is -2.16. The van der Waals surface area contributed by atoms with E-state index in [0.29, 0.717) is 11.2 Å². The van der Waals surface area contributed by atoms with Crippen LogP contribution >= 0.6 is 11.8 Å². The highest BCUT2D eigenvalue weighted by Crippen LogP contribution is 2.38. The molecule has 0 spiro atoms. The molecule has 1 fully saturated rings. The molecule has 2 heterocycles. The molecule has 1 atom stereocenters. The first-order chi connectivity index (χ1) is 12.1. The lowest BCUT2D eigenvalue weighted by Crippen LogP contribution is -2.10. The van der Waals surface area contributed by atoms with E-state index in [0.717, 1.165) is 17.3 Å². The van der Waals surface area contributed by atoms with Gasteiger partial charge in [-0.25, -0.2) is 0 Å². The number of aromatic nitrogens is 4. The number of nitrogens with one attached hydrogen (secondary N) is 1. The first-order valence-corrected chi connectivity index (χ1v) is 9.73. The zero-order chi connectivity index (χ0) is 17.4. The average molecular weight is 353 g/mol. The summed E-state index contributed by atoms with van der Waals surface area (Å²) in [6, 6.07) is 12.9. The first kappa shape index (κ1) is 16.4. The summed E-state index contributed by atoms with van der Waals surface area (Å²) in [4.78, 5) is 1.31. The van der Waals surface area contributed by atoms with Gasteiger partial charge in [-0.05, 0) is 49.6 Å². The van der Waals surface area contributed by atoms with E-state index in [4.69, 9.17) is 5.10 Å². The standard InChI is InChI=1S/C19H23N5S/c1-12(2)25-16-8-6-14(7-9-16)13(3)20-17-10-11-18-21-22-19(15-4-5-15)24(18)23-17/h6-13,15H,4-5H2,1-3H3,(H,20,23). The molecule has 1 aliphatic rings. The molecule has 4 rings (SSSR count). The van der Waals surface area contributed by atoms with E-state index in [9.17, 15) is 0 Å². The van der Waals surface area contributed by atoms with E-state index < -0.39 is 0 Å². The Bertz CT molecular complexity index is 867. The number of hydrogen-bond acceptors (Lipinski definition) is 5. The molecule has 1 N–H and O–H groups in total. The molecule has 0 aliphatic heterocycles. The molecule has 0 bridgehead atoms. The SMILES string of the molecule is CC(C)Sc1ccc(C(C)Nc2ccc3nnc(C4CC4)n3n2)cc1. The molecule has 1 aliphatic carbocycles. The molecule has 1 unspecified atom stereocenters. The summed E-state index contributed by atoms with van der Waals surface area (Å²) in [5.41, 5.74) is 2.07. The van der Waals surface area contributed by atoms with Crippen molar-refractivity contribution >= 4 is 23.2 Å². The third-order valence-corrected chi connectivity index (χ3v) is 5.36. The van der Waals surface area contributed by atoms with Gasteiger partial charge in [-0.1, -0.05) is 26.0 Å². The molecular formula is C19H23N5S. The van der Waals surface area contributed by atoms with E-state index in [-0.39, 0.29) is 6.04 Å². The topological polar surface area (TPSA) is 55.1 Å². The number of hydrogen-bond donors (Lipinski definition) is 1. The van der Waals surface area contributed by atoms with Crippen molar-refractivity contribution in [1.82, 2.24) is 19.8 Å². The monoisotopic (exact) mass is 353 g/mol. The van der Waals surface area contributed by atoms with Gasteiger partial charge in [0.05, 0.1) is 0 Å². The van der Waals surface area contributed by atoms with Crippen LogP contribution in [0.3, 0.4) is 0 Å². The predicted octanol–water partition coefficient (Wildman–Crippen LogP) is 4.68. The van der Waals surface area contributed by atoms with E-state index >= 15 is 0 Å². The lowest BCUT2D eigenvalue weighted by atomic mass is 10.1. The Labute approximate surface area is 152 Å². The van der Waals surface area contributed by atoms with Crippen LogP contribution in [0, 0.1) is 0 Å². The molecule has 1 aromatic carbocycles. The largest absolute Gasteiger partial charge is 0.362 e. The zero-order valence-corrected chi connectivity index (χ0v) is 15.6. The maximum atomic E-state index is 4.70. The zero-order valence-electron chi connectivity index (χ0n) is 14.8. The second-order valence-corrected chi connectivity index (χ2v) is 8.57. The van der Waals surface area contributed by atoms with Crippen molar-refractivity contribution in [3.8, 4) is 0 Å². The Morgan fingerprint density at radius 2 is 1.80 bits per heavy atom. The van der Waals surface area contributed by atoms with Gasteiger partial charge < -0.3 is 5.32 Å². The second kappa shape index (κ2) is 6.67. The lowest BCUT2D eigenvalue weighted by molar-refractivity contribution is 0.798. The van der Waals surface area contributed by atoms with Crippen molar-refractivity contribution in [2.75, 3.05) is 5.32 Å². The molecule has 6 heteroatoms. The van der Waals surface area contributed by atoms with Gasteiger partial charge in [0.15, 0.2) is 11.5 Å². The Hall–Kier alpha value is -2.08. The minimum Gasteiger partial charge on any atom is -0.362 e. The number of rotatable bonds is 6. The van der Waals surface area contributed by atoms with Crippen LogP contribution in [-0.2, 0) is 0 Å². The molecule has 0 radical (unpaired) electrons. The minimum atomic E-state index is 0.184. The van der Waals surface area contributed by atoms with Crippen LogP contribution in [0.25, 0.3) is 5.65 Å². The van der Waals surface area contributed by atoms with Crippen LogP contribution in [0.2, 0.25) is 0 Å². The summed E-state index contributed by atoms with van der Waals surface area (Å²) >= 11 is 1.89. The van der Waals surface area contributed by atoms with E-state index in [1.165, 1.54) is 23.3 Å². The van der Waals surface area contributed by atoms with Crippen molar-refractivity contribution in [2.24, 2.45) is 0 Å². The number of thioether (sulfide) groups is 1. The normalized spacial score (nSPS) is 15.7. The molecule has 0 saturated heterocycles. The Morgan fingerprint density at radius 1 is 1.04 bits per heavy atom. The molecule has 2 aromatic heterocycles. The smallest absolute Gasteiger partial charge is 0.178 e. The Morgan fingerprint density at radius 3 is 2.48 bits per heavy atom. The third-order valence-electron chi connectivity index (χ3n) is 4.35. The fourth-order valence-electron chi connectivity index (χ4n) is 2.89. The summed E-state index contributed by atoms with van der Waals surface area (Å²) in [5.74, 6) is 2.37. The summed E-state index contributed by atoms with van der Waals surface area (Å²) in [5, 5.41) is 17.3. The maximum absolute atomic E-state index is 4.70. The van der Waals surface area contributed by atoms with Crippen LogP contribution in [0.15, 0.2) is 41.3 Å². The molecule has 25 heavy (non-hydrogen) atoms. The van der Waals surface area contributed by atoms with Gasteiger partial charge in [-0.15, -0.1) is 27.1 Å². The predicted molar refractivity (Wildman–Crippen MR) is 102 cm³/mol. The quantitative estimate of drug-likeness (QED) is 0.652. The maximum Gasteiger partial charge on any atom is 0.178 e. The van der Waals surface area contributed by atoms with Gasteiger partial charge in [-0.3, -0.25) is 0 Å². The first-order valence-electron chi connectivity index (χ1n) is 8.85. The molecule has 1 saturated carbocycles. The van der Waals surface area contributed by atoms with Gasteiger partial charge in [0.2, 0.25) is 0 Å². The highest BCUT2D eigenvalue weighted by molar-refractivity contribution is 7.99. The van der Waals surface area contributed by atoms with Crippen molar-refractivity contribution in [2.45, 2.75) is 55.7 Å². The fraction of sp³-hybridized carbons (Fsp3) is 0.421. The number of anilines is 1. The van der Waals surface area contributed by atoms with E-state index in [1.807, 2.05) is 28.4 Å². The van der Waals surface area contributed by atoms with Crippen LogP contribution in [0.5, 0.6) is 0 Å². The number of nitrogens with zero attached hydrogens (tertiary/aromatic N) is 4. The molecule has 3 aromatic rings. The van der Waals surface area contributed by atoms with Gasteiger partial charge in [0.1, 0.15) is 5.82 Å². The number of fused-ring (bicyclic) bond motifs is 1. The highest BCUT2D eigenvalue weighted by Gasteiger charge is 2.29. The number of benzene rings is 1. The van der Waals surface area contributed by atoms with Crippen LogP contribution in [0.4, 0.5) is 5.82 Å². The van der Waals surface area contributed by atoms with Gasteiger partial charge in [0, 0.05) is 22.1 Å². The summed E-state index contributed by atoms with van der Waals surface area (Å²) in [6.45, 7) is 6.58. The third kappa shape index (κ3) is 3.63. The summed E-state index contributed by atoms with van der Waals surface area (Å²) in [6.07, 6.45) is 2.38. The van der Waals surface area contributed by atoms with Crippen molar-refractivity contribution in [1.29, 1.82) is 0 Å². The van der Waals surface area contributed by atoms with Crippen LogP contribution < -0.4 is 5.32 Å². The Balaban J connectivity index is 1.51. The average Bonchev–Trinajstić information content (AvgIpc) is 3.34. The highest BCUT2D eigenvalue weighted by atomic mass is 32.2. The van der Waals surface area contributed by atoms with Crippen molar-refractivity contribution in [3.63, 3.8) is 0 Å². The summed E-state index contributed by atoms with van der Waals surface area (Å²) < 4.78 is 1.88. The van der Waals surface area contributed by atoms with Gasteiger partial charge in [0.25, 0.3) is 0 Å². The summed E-state index contributed by atoms with van der Waals surface area (Å²) in [7, 11) is 0. The van der Waals surface area contributed by atoms with Crippen LogP contribution in [-0.4, -0.2) is 25.1 Å². The fourth-order valence-corrected chi connectivity index (χ4v) is 3.73. The second-order valence-electron chi connectivity index (χ2n) is 6.92. The molecule has 0 amide bonds. The van der Waals surface area contributed by atoms with E-state index in [1.54, 1.807) is 0 Å². The molecule has 5 nitrogen and oxygen atoms in total. The van der Waals surface area contributed by atoms with Gasteiger partial charge in [-0.2, -0.15) is 4.52 Å². The van der Waals surface area contributed by atoms with Crippen molar-refractivity contribution in [3.05, 3.63) is 47.8 Å². The van der Waals surface area contributed by atoms with Gasteiger partial charge >= 0.3 is 0 Å². The van der Waals surface area contributed by atoms with Crippen molar-refractivity contribution < 1.29 is 0 Å². The molecular weight excluding hydrogens is 330 g/mol. The Kier molecular flexibility index (Phi) is 4.37. The minimum absolute atomic E-state index is 0.184. The van der Waals surface area contributed by atoms with Crippen LogP contribution in [0.1, 0.15) is 57.0 Å². The molecule has 130 valence electrons. The van der Waals surface area contributed by atoms with E-state index in [2.05, 4.69) is 60.6 Å².